The van der Waals surface area contributed by atoms with E-state index in [2.05, 4.69) is 5.32 Å². The molecule has 0 aliphatic carbocycles. The van der Waals surface area contributed by atoms with Crippen LogP contribution in [0.4, 0.5) is 11.4 Å². The highest BCUT2D eigenvalue weighted by Gasteiger charge is 2.37. The first-order valence-electron chi connectivity index (χ1n) is 8.98. The molecule has 1 N–H and O–H groups in total. The molecule has 2 atom stereocenters. The molecule has 0 saturated carbocycles. The van der Waals surface area contributed by atoms with Crippen LogP contribution >= 0.6 is 11.6 Å². The summed E-state index contributed by atoms with van der Waals surface area (Å²) in [5.41, 5.74) is 2.28. The predicted molar refractivity (Wildman–Crippen MR) is 107 cm³/mol. The highest BCUT2D eigenvalue weighted by Crippen LogP contribution is 2.26. The lowest BCUT2D eigenvalue weighted by Gasteiger charge is -2.18. The van der Waals surface area contributed by atoms with Gasteiger partial charge in [-0.2, -0.15) is 0 Å². The predicted octanol–water partition coefficient (Wildman–Crippen LogP) is 3.57. The lowest BCUT2D eigenvalue weighted by molar-refractivity contribution is -0.157. The van der Waals surface area contributed by atoms with Gasteiger partial charge in [-0.05, 0) is 38.1 Å². The van der Waals surface area contributed by atoms with Gasteiger partial charge in [-0.15, -0.1) is 0 Å². The average Bonchev–Trinajstić information content (AvgIpc) is 3.06. The summed E-state index contributed by atoms with van der Waals surface area (Å²) in [6, 6.07) is 14.3. The maximum atomic E-state index is 12.4. The minimum absolute atomic E-state index is 0.0611. The maximum absolute atomic E-state index is 12.4. The molecular formula is C21H21ClN2O4. The molecule has 7 heteroatoms. The number of hydrogen-bond donors (Lipinski definition) is 1. The van der Waals surface area contributed by atoms with Crippen molar-refractivity contribution in [2.45, 2.75) is 26.4 Å². The number of amides is 2. The number of carbonyl (C=O) groups excluding carboxylic acids is 3. The van der Waals surface area contributed by atoms with E-state index < -0.39 is 23.9 Å². The topological polar surface area (TPSA) is 75.7 Å². The number of anilines is 2. The van der Waals surface area contributed by atoms with Crippen LogP contribution in [0, 0.1) is 12.8 Å². The summed E-state index contributed by atoms with van der Waals surface area (Å²) in [6.07, 6.45) is -0.946. The number of rotatable bonds is 5. The van der Waals surface area contributed by atoms with Crippen LogP contribution in [0.3, 0.4) is 0 Å². The quantitative estimate of drug-likeness (QED) is 0.778. The molecule has 1 aliphatic heterocycles. The molecule has 1 saturated heterocycles. The number of para-hydroxylation sites is 1. The van der Waals surface area contributed by atoms with E-state index in [-0.39, 0.29) is 18.9 Å². The lowest BCUT2D eigenvalue weighted by Crippen LogP contribution is -2.33. The minimum atomic E-state index is -1.01. The third kappa shape index (κ3) is 4.51. The van der Waals surface area contributed by atoms with Crippen molar-refractivity contribution in [3.05, 3.63) is 59.1 Å². The molecule has 146 valence electrons. The van der Waals surface area contributed by atoms with Crippen molar-refractivity contribution in [1.82, 2.24) is 0 Å². The molecule has 0 unspecified atom stereocenters. The van der Waals surface area contributed by atoms with E-state index in [0.717, 1.165) is 11.3 Å². The van der Waals surface area contributed by atoms with Crippen LogP contribution in [0.25, 0.3) is 0 Å². The third-order valence-corrected chi connectivity index (χ3v) is 4.93. The van der Waals surface area contributed by atoms with Crippen molar-refractivity contribution in [3.8, 4) is 0 Å². The zero-order valence-corrected chi connectivity index (χ0v) is 16.4. The zero-order chi connectivity index (χ0) is 20.3. The van der Waals surface area contributed by atoms with Gasteiger partial charge in [0.1, 0.15) is 0 Å². The smallest absolute Gasteiger partial charge is 0.312 e. The Balaban J connectivity index is 1.58. The fraction of sp³-hybridized carbons (Fsp3) is 0.286. The van der Waals surface area contributed by atoms with Gasteiger partial charge in [0.2, 0.25) is 5.91 Å². The van der Waals surface area contributed by atoms with Gasteiger partial charge < -0.3 is 15.0 Å². The molecule has 0 radical (unpaired) electrons. The largest absolute Gasteiger partial charge is 0.452 e. The van der Waals surface area contributed by atoms with E-state index in [1.54, 1.807) is 29.2 Å². The van der Waals surface area contributed by atoms with E-state index in [1.165, 1.54) is 6.92 Å². The molecule has 6 nitrogen and oxygen atoms in total. The Labute approximate surface area is 168 Å². The average molecular weight is 401 g/mol. The number of esters is 1. The van der Waals surface area contributed by atoms with Gasteiger partial charge in [0.05, 0.1) is 16.6 Å². The summed E-state index contributed by atoms with van der Waals surface area (Å²) < 4.78 is 5.29. The van der Waals surface area contributed by atoms with E-state index >= 15 is 0 Å². The van der Waals surface area contributed by atoms with Crippen molar-refractivity contribution in [3.63, 3.8) is 0 Å². The summed E-state index contributed by atoms with van der Waals surface area (Å²) in [6.45, 7) is 3.68. The Morgan fingerprint density at radius 2 is 1.86 bits per heavy atom. The van der Waals surface area contributed by atoms with Crippen molar-refractivity contribution in [2.24, 2.45) is 5.92 Å². The number of hydrogen-bond acceptors (Lipinski definition) is 4. The summed E-state index contributed by atoms with van der Waals surface area (Å²) in [7, 11) is 0. The number of nitrogens with one attached hydrogen (secondary N) is 1. The van der Waals surface area contributed by atoms with Gasteiger partial charge in [0.15, 0.2) is 6.10 Å². The van der Waals surface area contributed by atoms with E-state index in [0.29, 0.717) is 10.7 Å². The Morgan fingerprint density at radius 1 is 1.18 bits per heavy atom. The first kappa shape index (κ1) is 19.9. The molecule has 0 aromatic heterocycles. The van der Waals surface area contributed by atoms with E-state index in [9.17, 15) is 14.4 Å². The molecule has 1 heterocycles. The van der Waals surface area contributed by atoms with Gasteiger partial charge in [-0.25, -0.2) is 0 Å². The normalized spacial score (nSPS) is 17.3. The summed E-state index contributed by atoms with van der Waals surface area (Å²) >= 11 is 6.02. The van der Waals surface area contributed by atoms with Gasteiger partial charge in [0, 0.05) is 18.7 Å². The summed E-state index contributed by atoms with van der Waals surface area (Å²) in [5, 5.41) is 3.02. The zero-order valence-electron chi connectivity index (χ0n) is 15.6. The van der Waals surface area contributed by atoms with Crippen molar-refractivity contribution in [1.29, 1.82) is 0 Å². The molecule has 0 bridgehead atoms. The highest BCUT2D eigenvalue weighted by atomic mass is 35.5. The number of nitrogens with zero attached hydrogens (tertiary/aromatic N) is 1. The number of halogens is 1. The Morgan fingerprint density at radius 3 is 2.54 bits per heavy atom. The molecular weight excluding hydrogens is 380 g/mol. The molecule has 2 aromatic rings. The van der Waals surface area contributed by atoms with Gasteiger partial charge in [-0.1, -0.05) is 41.4 Å². The monoisotopic (exact) mass is 400 g/mol. The van der Waals surface area contributed by atoms with Crippen LogP contribution in [-0.4, -0.2) is 30.4 Å². The molecule has 1 aliphatic rings. The second kappa shape index (κ2) is 8.44. The second-order valence-corrected chi connectivity index (χ2v) is 7.20. The Kier molecular flexibility index (Phi) is 5.99. The van der Waals surface area contributed by atoms with Crippen molar-refractivity contribution >= 4 is 40.8 Å². The van der Waals surface area contributed by atoms with Crippen LogP contribution in [0.1, 0.15) is 18.9 Å². The molecule has 2 amide bonds. The van der Waals surface area contributed by atoms with Crippen molar-refractivity contribution < 1.29 is 19.1 Å². The Hall–Kier alpha value is -2.86. The number of aryl methyl sites for hydroxylation is 1. The third-order valence-electron chi connectivity index (χ3n) is 4.60. The molecule has 3 rings (SSSR count). The van der Waals surface area contributed by atoms with Crippen LogP contribution in [-0.2, 0) is 19.1 Å². The summed E-state index contributed by atoms with van der Waals surface area (Å²) in [5.74, 6) is -1.80. The number of carbonyl (C=O) groups is 3. The first-order valence-corrected chi connectivity index (χ1v) is 9.36. The first-order chi connectivity index (χ1) is 13.3. The summed E-state index contributed by atoms with van der Waals surface area (Å²) in [4.78, 5) is 38.6. The van der Waals surface area contributed by atoms with E-state index in [1.807, 2.05) is 31.2 Å². The fourth-order valence-corrected chi connectivity index (χ4v) is 3.14. The molecule has 0 spiro atoms. The second-order valence-electron chi connectivity index (χ2n) is 6.79. The van der Waals surface area contributed by atoms with E-state index in [4.69, 9.17) is 16.3 Å². The molecule has 28 heavy (non-hydrogen) atoms. The van der Waals surface area contributed by atoms with Crippen LogP contribution in [0.15, 0.2) is 48.5 Å². The fourth-order valence-electron chi connectivity index (χ4n) is 2.96. The number of ether oxygens (including phenoxy) is 1. The molecule has 2 aromatic carbocycles. The van der Waals surface area contributed by atoms with Crippen LogP contribution in [0.5, 0.6) is 0 Å². The Bertz CT molecular complexity index is 898. The number of benzene rings is 2. The van der Waals surface area contributed by atoms with Gasteiger partial charge in [-0.3, -0.25) is 14.4 Å². The van der Waals surface area contributed by atoms with Crippen LogP contribution < -0.4 is 10.2 Å². The van der Waals surface area contributed by atoms with Gasteiger partial charge in [0.25, 0.3) is 5.91 Å². The minimum Gasteiger partial charge on any atom is -0.452 e. The van der Waals surface area contributed by atoms with Crippen LogP contribution in [0.2, 0.25) is 5.02 Å². The lowest BCUT2D eigenvalue weighted by atomic mass is 10.1. The standard InChI is InChI=1S/C21H21ClN2O4/c1-13-7-9-16(10-8-13)24-12-15(11-19(24)25)21(27)28-14(2)20(26)23-18-6-4-3-5-17(18)22/h3-10,14-15H,11-12H2,1-2H3,(H,23,26)/t14-,15-/m1/s1. The highest BCUT2D eigenvalue weighted by molar-refractivity contribution is 6.33. The van der Waals surface area contributed by atoms with Crippen molar-refractivity contribution in [2.75, 3.05) is 16.8 Å². The SMILES string of the molecule is Cc1ccc(N2C[C@H](C(=O)O[C@H](C)C(=O)Nc3ccccc3Cl)CC2=O)cc1. The van der Waals surface area contributed by atoms with Gasteiger partial charge >= 0.3 is 5.97 Å². The maximum Gasteiger partial charge on any atom is 0.312 e. The molecule has 1 fully saturated rings.